The number of aliphatic hydroxyl groups is 3. The van der Waals surface area contributed by atoms with E-state index in [9.17, 15) is 24.6 Å². The van der Waals surface area contributed by atoms with Crippen LogP contribution in [-0.4, -0.2) is 209 Å². The molecule has 0 aromatic rings. The Morgan fingerprint density at radius 3 is 0.864 bits per heavy atom. The normalized spacial score (nSPS) is 12.6. The standard InChI is InChI=1S/C63H119NO17/c1-3-5-7-9-11-13-15-17-19-21-23-25-27-29-31-33-61(68)64(62(69)34-32-30-28-26-24-22-20-18-16-14-12-10-8-6-4-2)59(57-66)63(70)60(67)58-81-56-55-80-54-53-79-52-51-78-50-49-77-48-47-76-46-45-75-44-43-74-42-41-73-40-39-72-38-37-71-36-35-65/h17-20,59-60,65-67H,3-16,21-58H2,1-2H3/b19-17-,20-18-/t59-,60?/m0/s1. The van der Waals surface area contributed by atoms with Crippen LogP contribution in [-0.2, 0) is 66.5 Å². The van der Waals surface area contributed by atoms with Gasteiger partial charge in [0.05, 0.1) is 159 Å². The number of carbonyl (C=O) groups excluding carboxylic acids is 3. The summed E-state index contributed by atoms with van der Waals surface area (Å²) in [6.07, 6.45) is 36.9. The van der Waals surface area contributed by atoms with Crippen LogP contribution in [0.4, 0.5) is 0 Å². The van der Waals surface area contributed by atoms with Gasteiger partial charge in [0, 0.05) is 12.8 Å². The molecule has 18 heteroatoms. The second-order valence-electron chi connectivity index (χ2n) is 20.4. The van der Waals surface area contributed by atoms with Gasteiger partial charge in [0.1, 0.15) is 12.1 Å². The van der Waals surface area contributed by atoms with Crippen LogP contribution in [0.25, 0.3) is 0 Å². The largest absolute Gasteiger partial charge is 0.394 e. The molecule has 0 radical (unpaired) electrons. The van der Waals surface area contributed by atoms with E-state index >= 15 is 0 Å². The van der Waals surface area contributed by atoms with Crippen LogP contribution >= 0.6 is 0 Å². The maximum atomic E-state index is 13.7. The summed E-state index contributed by atoms with van der Waals surface area (Å²) in [5.74, 6) is -1.80. The quantitative estimate of drug-likeness (QED) is 0.0381. The van der Waals surface area contributed by atoms with Gasteiger partial charge < -0.3 is 67.4 Å². The Morgan fingerprint density at radius 2 is 0.593 bits per heavy atom. The number of ketones is 1. The van der Waals surface area contributed by atoms with Gasteiger partial charge in [-0.3, -0.25) is 19.3 Å². The van der Waals surface area contributed by atoms with E-state index in [-0.39, 0.29) is 39.3 Å². The van der Waals surface area contributed by atoms with Gasteiger partial charge in [-0.1, -0.05) is 141 Å². The number of allylic oxidation sites excluding steroid dienone is 4. The van der Waals surface area contributed by atoms with Crippen molar-refractivity contribution in [3.8, 4) is 0 Å². The maximum absolute atomic E-state index is 13.7. The predicted molar refractivity (Wildman–Crippen MR) is 319 cm³/mol. The molecule has 0 fully saturated rings. The van der Waals surface area contributed by atoms with Crippen LogP contribution in [0.1, 0.15) is 194 Å². The molecular formula is C63H119NO17. The summed E-state index contributed by atoms with van der Waals surface area (Å²) in [7, 11) is 0. The Kier molecular flexibility index (Phi) is 65.0. The minimum atomic E-state index is -1.64. The second-order valence-corrected chi connectivity index (χ2v) is 20.4. The lowest BCUT2D eigenvalue weighted by Gasteiger charge is -2.29. The van der Waals surface area contributed by atoms with E-state index in [0.29, 0.717) is 138 Å². The van der Waals surface area contributed by atoms with E-state index in [1.54, 1.807) is 0 Å². The summed E-state index contributed by atoms with van der Waals surface area (Å²) in [4.78, 5) is 41.8. The van der Waals surface area contributed by atoms with Gasteiger partial charge in [0.15, 0.2) is 5.78 Å². The smallest absolute Gasteiger partial charge is 0.229 e. The molecule has 0 heterocycles. The molecule has 478 valence electrons. The highest BCUT2D eigenvalue weighted by molar-refractivity contribution is 6.02. The van der Waals surface area contributed by atoms with Crippen LogP contribution in [0.2, 0.25) is 0 Å². The molecule has 0 saturated carbocycles. The van der Waals surface area contributed by atoms with Crippen molar-refractivity contribution in [3.63, 3.8) is 0 Å². The lowest BCUT2D eigenvalue weighted by Crippen LogP contribution is -2.54. The topological polar surface area (TPSA) is 217 Å². The third-order valence-electron chi connectivity index (χ3n) is 13.2. The first-order valence-corrected chi connectivity index (χ1v) is 31.9. The summed E-state index contributed by atoms with van der Waals surface area (Å²) >= 11 is 0. The number of amides is 2. The van der Waals surface area contributed by atoms with Crippen molar-refractivity contribution in [1.82, 2.24) is 4.90 Å². The molecule has 0 aliphatic heterocycles. The minimum absolute atomic E-state index is 0.00981. The molecule has 0 spiro atoms. The number of unbranched alkanes of at least 4 members (excludes halogenated alkanes) is 22. The highest BCUT2D eigenvalue weighted by Gasteiger charge is 2.36. The van der Waals surface area contributed by atoms with E-state index in [1.165, 1.54) is 77.0 Å². The lowest BCUT2D eigenvalue weighted by molar-refractivity contribution is -0.156. The minimum Gasteiger partial charge on any atom is -0.394 e. The van der Waals surface area contributed by atoms with Crippen molar-refractivity contribution in [2.45, 2.75) is 206 Å². The predicted octanol–water partition coefficient (Wildman–Crippen LogP) is 9.88. The van der Waals surface area contributed by atoms with E-state index in [2.05, 4.69) is 38.2 Å². The number of nitrogens with zero attached hydrogens (tertiary/aromatic N) is 1. The van der Waals surface area contributed by atoms with Crippen LogP contribution < -0.4 is 0 Å². The van der Waals surface area contributed by atoms with Crippen LogP contribution in [0.5, 0.6) is 0 Å². The van der Waals surface area contributed by atoms with Gasteiger partial charge in [-0.2, -0.15) is 0 Å². The lowest BCUT2D eigenvalue weighted by atomic mass is 10.0. The third-order valence-corrected chi connectivity index (χ3v) is 13.2. The zero-order valence-electron chi connectivity index (χ0n) is 51.2. The van der Waals surface area contributed by atoms with Crippen molar-refractivity contribution in [2.75, 3.05) is 159 Å². The first kappa shape index (κ1) is 78.7. The zero-order valence-corrected chi connectivity index (χ0v) is 51.2. The fourth-order valence-electron chi connectivity index (χ4n) is 8.48. The SMILES string of the molecule is CCCCCCCC/C=C\CCCCCCCC(=O)N(C(=O)CCCCCCC/C=C\CCCCCCCC)[C@@H](CO)C(=O)C(O)COCCOCCOCCOCCOCCOCCOCCOCCOCCOCCOCCO. The fraction of sp³-hybridized carbons (Fsp3) is 0.889. The van der Waals surface area contributed by atoms with Crippen molar-refractivity contribution in [1.29, 1.82) is 0 Å². The number of rotatable bonds is 68. The fourth-order valence-corrected chi connectivity index (χ4v) is 8.48. The molecule has 0 rings (SSSR count). The van der Waals surface area contributed by atoms with E-state index < -0.39 is 36.4 Å². The second kappa shape index (κ2) is 66.9. The number of aliphatic hydroxyl groups excluding tert-OH is 3. The average Bonchev–Trinajstić information content (AvgIpc) is 3.49. The summed E-state index contributed by atoms with van der Waals surface area (Å²) in [6, 6.07) is -1.49. The Bertz CT molecular complexity index is 1320. The van der Waals surface area contributed by atoms with Crippen LogP contribution in [0.3, 0.4) is 0 Å². The number of hydrogen-bond donors (Lipinski definition) is 3. The summed E-state index contributed by atoms with van der Waals surface area (Å²) in [5.41, 5.74) is 0. The Hall–Kier alpha value is -2.27. The van der Waals surface area contributed by atoms with Gasteiger partial charge in [0.25, 0.3) is 0 Å². The zero-order chi connectivity index (χ0) is 58.8. The van der Waals surface area contributed by atoms with Crippen molar-refractivity contribution in [2.24, 2.45) is 0 Å². The van der Waals surface area contributed by atoms with Crippen molar-refractivity contribution >= 4 is 17.6 Å². The molecule has 0 bridgehead atoms. The van der Waals surface area contributed by atoms with Crippen molar-refractivity contribution < 1.29 is 81.8 Å². The molecule has 0 saturated heterocycles. The number of Topliss-reactive ketones (excluding diaryl/α,β-unsaturated/α-hetero) is 1. The van der Waals surface area contributed by atoms with Gasteiger partial charge in [-0.05, 0) is 64.2 Å². The molecule has 0 aliphatic carbocycles. The molecule has 0 aromatic heterocycles. The first-order chi connectivity index (χ1) is 39.9. The van der Waals surface area contributed by atoms with Crippen molar-refractivity contribution in [3.05, 3.63) is 24.3 Å². The molecule has 81 heavy (non-hydrogen) atoms. The highest BCUT2D eigenvalue weighted by Crippen LogP contribution is 2.17. The molecule has 2 amide bonds. The summed E-state index contributed by atoms with van der Waals surface area (Å²) in [5, 5.41) is 29.9. The van der Waals surface area contributed by atoms with Gasteiger partial charge in [-0.25, -0.2) is 0 Å². The number of ether oxygens (including phenoxy) is 11. The van der Waals surface area contributed by atoms with Crippen LogP contribution in [0.15, 0.2) is 24.3 Å². The van der Waals surface area contributed by atoms with Gasteiger partial charge >= 0.3 is 0 Å². The Balaban J connectivity index is 4.33. The highest BCUT2D eigenvalue weighted by atomic mass is 16.6. The third kappa shape index (κ3) is 56.6. The molecular weight excluding hydrogens is 1040 g/mol. The van der Waals surface area contributed by atoms with E-state index in [0.717, 1.165) is 81.9 Å². The molecule has 18 nitrogen and oxygen atoms in total. The molecule has 0 aromatic carbocycles. The van der Waals surface area contributed by atoms with E-state index in [4.69, 9.17) is 57.2 Å². The van der Waals surface area contributed by atoms with E-state index in [1.807, 2.05) is 0 Å². The number of carbonyl (C=O) groups is 3. The summed E-state index contributed by atoms with van der Waals surface area (Å²) < 4.78 is 60.0. The average molecular weight is 1160 g/mol. The Morgan fingerprint density at radius 1 is 0.346 bits per heavy atom. The van der Waals surface area contributed by atoms with Crippen LogP contribution in [0, 0.1) is 0 Å². The summed E-state index contributed by atoms with van der Waals surface area (Å²) in [6.45, 7) is 11.9. The molecule has 0 aliphatic rings. The van der Waals surface area contributed by atoms with Gasteiger partial charge in [-0.15, -0.1) is 0 Å². The maximum Gasteiger partial charge on any atom is 0.229 e. The molecule has 2 atom stereocenters. The van der Waals surface area contributed by atoms with Gasteiger partial charge in [0.2, 0.25) is 11.8 Å². The number of imide groups is 1. The number of hydrogen-bond acceptors (Lipinski definition) is 17. The monoisotopic (exact) mass is 1160 g/mol. The molecule has 1 unspecified atom stereocenters. The first-order valence-electron chi connectivity index (χ1n) is 31.9. The Labute approximate surface area is 491 Å². The molecule has 3 N–H and O–H groups in total.